The molecule has 9 rings (SSSR count). The summed E-state index contributed by atoms with van der Waals surface area (Å²) in [6.07, 6.45) is 4.95. The number of anilines is 1. The van der Waals surface area contributed by atoms with E-state index >= 15 is 4.39 Å². The topological polar surface area (TPSA) is 116 Å². The number of methoxy groups -OCH3 is 1. The lowest BCUT2D eigenvalue weighted by Crippen LogP contribution is -2.51. The van der Waals surface area contributed by atoms with E-state index in [9.17, 15) is 13.2 Å². The Kier molecular flexibility index (Phi) is 8.38. The molecule has 0 radical (unpaired) electrons. The van der Waals surface area contributed by atoms with Crippen molar-refractivity contribution in [3.63, 3.8) is 0 Å². The van der Waals surface area contributed by atoms with Gasteiger partial charge in [0.05, 0.1) is 41.1 Å². The quantitative estimate of drug-likeness (QED) is 0.159. The van der Waals surface area contributed by atoms with Gasteiger partial charge in [0.25, 0.3) is 10.0 Å². The van der Waals surface area contributed by atoms with Crippen molar-refractivity contribution in [1.82, 2.24) is 18.9 Å². The predicted molar refractivity (Wildman–Crippen MR) is 194 cm³/mol. The molecular formula is C40H36FN5O4S. The maximum Gasteiger partial charge on any atom is 0.311 e. The van der Waals surface area contributed by atoms with Gasteiger partial charge in [-0.15, -0.1) is 0 Å². The van der Waals surface area contributed by atoms with E-state index in [1.54, 1.807) is 36.4 Å². The van der Waals surface area contributed by atoms with Crippen molar-refractivity contribution in [2.45, 2.75) is 43.5 Å². The fraction of sp³-hybridized carbons (Fsp3) is 0.250. The molecule has 0 aliphatic heterocycles. The number of aryl methyl sites for hydroxylation is 1. The van der Waals surface area contributed by atoms with Crippen LogP contribution in [0.2, 0.25) is 0 Å². The van der Waals surface area contributed by atoms with Crippen molar-refractivity contribution >= 4 is 32.8 Å². The molecular weight excluding hydrogens is 666 g/mol. The van der Waals surface area contributed by atoms with Crippen LogP contribution < -0.4 is 5.32 Å². The third kappa shape index (κ3) is 5.85. The molecule has 1 N–H and O–H groups in total. The van der Waals surface area contributed by atoms with E-state index in [2.05, 4.69) is 10.3 Å². The Morgan fingerprint density at radius 3 is 2.18 bits per heavy atom. The van der Waals surface area contributed by atoms with E-state index < -0.39 is 15.8 Å². The number of carbonyl (C=O) groups excluding carboxylic acids is 1. The van der Waals surface area contributed by atoms with Crippen molar-refractivity contribution < 1.29 is 22.3 Å². The van der Waals surface area contributed by atoms with Crippen LogP contribution in [0.3, 0.4) is 0 Å². The van der Waals surface area contributed by atoms with E-state index in [0.717, 1.165) is 43.0 Å². The summed E-state index contributed by atoms with van der Waals surface area (Å²) in [7, 11) is -2.85. The molecule has 6 aromatic rings. The molecule has 3 aromatic heterocycles. The summed E-state index contributed by atoms with van der Waals surface area (Å²) in [5.41, 5.74) is 3.45. The fourth-order valence-corrected chi connectivity index (χ4v) is 9.44. The predicted octanol–water partition coefficient (Wildman–Crippen LogP) is 7.90. The van der Waals surface area contributed by atoms with Gasteiger partial charge in [-0.1, -0.05) is 78.4 Å². The number of fused-ring (bicyclic) bond motifs is 4. The molecule has 2 atom stereocenters. The number of hydrogen-bond acceptors (Lipinski definition) is 8. The van der Waals surface area contributed by atoms with Crippen LogP contribution in [0.5, 0.6) is 0 Å². The van der Waals surface area contributed by atoms with Crippen LogP contribution in [-0.4, -0.2) is 46.5 Å². The summed E-state index contributed by atoms with van der Waals surface area (Å²) in [5, 5.41) is 3.86. The summed E-state index contributed by atoms with van der Waals surface area (Å²) >= 11 is 0. The van der Waals surface area contributed by atoms with E-state index in [-0.39, 0.29) is 57.2 Å². The highest BCUT2D eigenvalue weighted by atomic mass is 32.2. The van der Waals surface area contributed by atoms with Gasteiger partial charge in [0.15, 0.2) is 11.5 Å². The minimum atomic E-state index is -4.27. The van der Waals surface area contributed by atoms with Gasteiger partial charge < -0.3 is 10.1 Å². The van der Waals surface area contributed by atoms with Gasteiger partial charge in [-0.3, -0.25) is 4.79 Å². The smallest absolute Gasteiger partial charge is 0.311 e. The molecule has 9 nitrogen and oxygen atoms in total. The van der Waals surface area contributed by atoms with Crippen LogP contribution in [0.15, 0.2) is 108 Å². The summed E-state index contributed by atoms with van der Waals surface area (Å²) in [5.74, 6) is -0.0990. The van der Waals surface area contributed by atoms with Crippen LogP contribution >= 0.6 is 0 Å². The second-order valence-corrected chi connectivity index (χ2v) is 15.2. The lowest BCUT2D eigenvalue weighted by molar-refractivity contribution is -0.152. The number of ether oxygens (including phenoxy) is 1. The number of benzene rings is 3. The number of hydrogen-bond donors (Lipinski definition) is 1. The maximum absolute atomic E-state index is 15.2. The molecule has 2 bridgehead atoms. The molecule has 0 amide bonds. The molecule has 2 unspecified atom stereocenters. The van der Waals surface area contributed by atoms with Gasteiger partial charge in [-0.05, 0) is 62.6 Å². The highest BCUT2D eigenvalue weighted by Gasteiger charge is 2.48. The summed E-state index contributed by atoms with van der Waals surface area (Å²) in [6.45, 7) is 1.88. The summed E-state index contributed by atoms with van der Waals surface area (Å²) in [6, 6.07) is 28.1. The largest absolute Gasteiger partial charge is 0.469 e. The number of aromatic nitrogens is 4. The molecule has 3 saturated carbocycles. The van der Waals surface area contributed by atoms with Gasteiger partial charge in [0, 0.05) is 28.6 Å². The highest BCUT2D eigenvalue weighted by molar-refractivity contribution is 7.90. The Balaban J connectivity index is 1.40. The van der Waals surface area contributed by atoms with Gasteiger partial charge in [0.2, 0.25) is 0 Å². The van der Waals surface area contributed by atoms with E-state index in [1.165, 1.54) is 17.1 Å². The maximum atomic E-state index is 15.2. The molecule has 3 aromatic carbocycles. The number of nitrogens with one attached hydrogen (secondary N) is 1. The van der Waals surface area contributed by atoms with Crippen LogP contribution in [-0.2, 0) is 19.6 Å². The average Bonchev–Trinajstić information content (AvgIpc) is 3.51. The van der Waals surface area contributed by atoms with Crippen LogP contribution in [0.1, 0.15) is 31.2 Å². The fourth-order valence-electron chi connectivity index (χ4n) is 7.94. The Bertz CT molecular complexity index is 2360. The molecule has 3 aliphatic carbocycles. The summed E-state index contributed by atoms with van der Waals surface area (Å²) in [4.78, 5) is 27.6. The van der Waals surface area contributed by atoms with Gasteiger partial charge in [-0.25, -0.2) is 31.7 Å². The SMILES string of the molecule is COC(=O)C1C2CCC(CC2)C1Nc1cc(-c2ccccc2)nc(-c2c(-c3ccccc3)n(S(=O)(=O)c3ccc(C)cc3)c3ncc(F)cc23)n1. The first kappa shape index (κ1) is 32.8. The number of halogens is 1. The van der Waals surface area contributed by atoms with Crippen molar-refractivity contribution in [3.8, 4) is 33.9 Å². The van der Waals surface area contributed by atoms with Crippen LogP contribution in [0, 0.1) is 30.5 Å². The van der Waals surface area contributed by atoms with E-state index in [4.69, 9.17) is 14.7 Å². The Hall–Kier alpha value is -5.42. The van der Waals surface area contributed by atoms with Gasteiger partial charge in [0.1, 0.15) is 11.6 Å². The zero-order valence-corrected chi connectivity index (χ0v) is 29.0. The average molecular weight is 702 g/mol. The minimum Gasteiger partial charge on any atom is -0.469 e. The third-order valence-corrected chi connectivity index (χ3v) is 12.1. The Morgan fingerprint density at radius 2 is 1.51 bits per heavy atom. The molecule has 258 valence electrons. The van der Waals surface area contributed by atoms with Crippen molar-refractivity contribution in [3.05, 3.63) is 115 Å². The number of pyridine rings is 1. The number of carbonyl (C=O) groups is 1. The first-order valence-electron chi connectivity index (χ1n) is 17.1. The second kappa shape index (κ2) is 13.0. The summed E-state index contributed by atoms with van der Waals surface area (Å²) < 4.78 is 50.9. The van der Waals surface area contributed by atoms with Crippen LogP contribution in [0.25, 0.3) is 44.9 Å². The number of nitrogens with zero attached hydrogens (tertiary/aromatic N) is 4. The second-order valence-electron chi connectivity index (χ2n) is 13.4. The van der Waals surface area contributed by atoms with Crippen LogP contribution in [0.4, 0.5) is 10.2 Å². The molecule has 0 saturated heterocycles. The zero-order chi connectivity index (χ0) is 35.3. The molecule has 0 spiro atoms. The third-order valence-electron chi connectivity index (χ3n) is 10.4. The molecule has 11 heteroatoms. The van der Waals surface area contributed by atoms with Crippen molar-refractivity contribution in [2.75, 3.05) is 12.4 Å². The lowest BCUT2D eigenvalue weighted by Gasteiger charge is -2.47. The first-order valence-corrected chi connectivity index (χ1v) is 18.5. The van der Waals surface area contributed by atoms with E-state index in [1.807, 2.05) is 61.5 Å². The molecule has 3 fully saturated rings. The van der Waals surface area contributed by atoms with Gasteiger partial charge >= 0.3 is 5.97 Å². The Labute approximate surface area is 295 Å². The normalized spacial score (nSPS) is 20.0. The van der Waals surface area contributed by atoms with Gasteiger partial charge in [-0.2, -0.15) is 0 Å². The number of rotatable bonds is 8. The molecule has 51 heavy (non-hydrogen) atoms. The van der Waals surface area contributed by atoms with E-state index in [0.29, 0.717) is 22.6 Å². The standard InChI is InChI=1S/C40H36FN5O4S/c1-24-13-19-30(20-14-24)51(48,49)46-37(28-11-7-4-8-12-28)35(31-21-29(41)23-42-39(31)46)38-43-32(25-9-5-3-6-10-25)22-33(45-38)44-36-27-17-15-26(16-18-27)34(36)40(47)50-2/h3-14,19-23,26-27,34,36H,15-18H2,1-2H3,(H,43,44,45). The zero-order valence-electron chi connectivity index (χ0n) is 28.2. The van der Waals surface area contributed by atoms with Crippen molar-refractivity contribution in [1.29, 1.82) is 0 Å². The molecule has 3 heterocycles. The van der Waals surface area contributed by atoms with Crippen molar-refractivity contribution in [2.24, 2.45) is 17.8 Å². The monoisotopic (exact) mass is 701 g/mol. The number of esters is 1. The minimum absolute atomic E-state index is 0.0457. The highest BCUT2D eigenvalue weighted by Crippen LogP contribution is 2.47. The Morgan fingerprint density at radius 1 is 0.863 bits per heavy atom. The molecule has 3 aliphatic rings. The lowest BCUT2D eigenvalue weighted by atomic mass is 9.61. The first-order chi connectivity index (χ1) is 24.7.